The summed E-state index contributed by atoms with van der Waals surface area (Å²) in [6.45, 7) is 2.56. The van der Waals surface area contributed by atoms with E-state index < -0.39 is 0 Å². The molecule has 0 aliphatic heterocycles. The van der Waals surface area contributed by atoms with Crippen LogP contribution in [0.5, 0.6) is 0 Å². The number of halogens is 1. The quantitative estimate of drug-likeness (QED) is 0.533. The lowest BCUT2D eigenvalue weighted by atomic mass is 10.1. The van der Waals surface area contributed by atoms with Gasteiger partial charge in [0.2, 0.25) is 0 Å². The normalized spacial score (nSPS) is 11.4. The van der Waals surface area contributed by atoms with E-state index in [1.807, 2.05) is 49.4 Å². The highest BCUT2D eigenvalue weighted by Crippen LogP contribution is 2.34. The molecule has 5 heteroatoms. The van der Waals surface area contributed by atoms with Crippen molar-refractivity contribution in [3.63, 3.8) is 0 Å². The van der Waals surface area contributed by atoms with Crippen molar-refractivity contribution in [1.82, 2.24) is 9.55 Å². The minimum atomic E-state index is -0.0205. The van der Waals surface area contributed by atoms with Gasteiger partial charge < -0.3 is 0 Å². The van der Waals surface area contributed by atoms with Crippen molar-refractivity contribution in [2.45, 2.75) is 13.5 Å². The first-order valence-corrected chi connectivity index (χ1v) is 8.44. The van der Waals surface area contributed by atoms with Crippen LogP contribution in [0.3, 0.4) is 0 Å². The maximum Gasteiger partial charge on any atom is 0.271 e. The molecule has 2 heterocycles. The van der Waals surface area contributed by atoms with Gasteiger partial charge in [0, 0.05) is 10.1 Å². The van der Waals surface area contributed by atoms with Crippen LogP contribution in [-0.2, 0) is 6.54 Å². The predicted octanol–water partition coefficient (Wildman–Crippen LogP) is 4.62. The van der Waals surface area contributed by atoms with Crippen molar-refractivity contribution in [2.75, 3.05) is 0 Å². The molecule has 114 valence electrons. The lowest BCUT2D eigenvalue weighted by Gasteiger charge is -2.05. The fourth-order valence-electron chi connectivity index (χ4n) is 2.67. The minimum Gasteiger partial charge on any atom is -0.294 e. The van der Waals surface area contributed by atoms with E-state index in [4.69, 9.17) is 11.6 Å². The second-order valence-electron chi connectivity index (χ2n) is 5.56. The zero-order chi connectivity index (χ0) is 16.0. The van der Waals surface area contributed by atoms with E-state index in [1.54, 1.807) is 10.9 Å². The van der Waals surface area contributed by atoms with Crippen molar-refractivity contribution in [3.05, 3.63) is 75.3 Å². The number of hydrogen-bond donors (Lipinski definition) is 0. The maximum absolute atomic E-state index is 12.8. The Kier molecular flexibility index (Phi) is 3.43. The highest BCUT2D eigenvalue weighted by molar-refractivity contribution is 7.25. The molecule has 0 aliphatic rings. The number of nitrogens with zero attached hydrogens (tertiary/aromatic N) is 2. The summed E-state index contributed by atoms with van der Waals surface area (Å²) >= 11 is 7.72. The van der Waals surface area contributed by atoms with E-state index >= 15 is 0 Å². The van der Waals surface area contributed by atoms with Crippen LogP contribution in [0.2, 0.25) is 5.02 Å². The van der Waals surface area contributed by atoms with E-state index in [1.165, 1.54) is 16.9 Å². The van der Waals surface area contributed by atoms with Crippen LogP contribution in [0.25, 0.3) is 20.3 Å². The summed E-state index contributed by atoms with van der Waals surface area (Å²) in [7, 11) is 0. The molecule has 2 aromatic heterocycles. The van der Waals surface area contributed by atoms with Crippen LogP contribution < -0.4 is 5.56 Å². The molecule has 0 saturated heterocycles. The Hall–Kier alpha value is -2.17. The maximum atomic E-state index is 12.8. The molecule has 0 saturated carbocycles. The summed E-state index contributed by atoms with van der Waals surface area (Å²) in [4.78, 5) is 17.3. The summed E-state index contributed by atoms with van der Waals surface area (Å²) in [5.41, 5.74) is 2.96. The third-order valence-corrected chi connectivity index (χ3v) is 5.34. The van der Waals surface area contributed by atoms with Crippen LogP contribution >= 0.6 is 22.9 Å². The van der Waals surface area contributed by atoms with Gasteiger partial charge in [0.05, 0.1) is 23.4 Å². The van der Waals surface area contributed by atoms with Gasteiger partial charge in [-0.15, -0.1) is 11.3 Å². The molecule has 4 aromatic rings. The summed E-state index contributed by atoms with van der Waals surface area (Å²) in [6, 6.07) is 13.9. The molecule has 0 fully saturated rings. The third kappa shape index (κ3) is 2.44. The fourth-order valence-corrected chi connectivity index (χ4v) is 4.12. The zero-order valence-corrected chi connectivity index (χ0v) is 14.0. The summed E-state index contributed by atoms with van der Waals surface area (Å²) in [5.74, 6) is 0. The van der Waals surface area contributed by atoms with Gasteiger partial charge in [-0.25, -0.2) is 4.98 Å². The van der Waals surface area contributed by atoms with Crippen LogP contribution in [0.15, 0.2) is 53.6 Å². The molecule has 3 nitrogen and oxygen atoms in total. The number of hydrogen-bond acceptors (Lipinski definition) is 3. The lowest BCUT2D eigenvalue weighted by Crippen LogP contribution is -2.20. The molecular formula is C18H13ClN2OS. The van der Waals surface area contributed by atoms with Gasteiger partial charge >= 0.3 is 0 Å². The number of rotatable bonds is 2. The average Bonchev–Trinajstić information content (AvgIpc) is 2.93. The first-order chi connectivity index (χ1) is 11.1. The first-order valence-electron chi connectivity index (χ1n) is 7.25. The van der Waals surface area contributed by atoms with Crippen molar-refractivity contribution in [1.29, 1.82) is 0 Å². The monoisotopic (exact) mass is 340 g/mol. The Morgan fingerprint density at radius 3 is 2.74 bits per heavy atom. The second-order valence-corrected chi connectivity index (χ2v) is 7.02. The molecule has 0 radical (unpaired) electrons. The molecule has 0 bridgehead atoms. The Morgan fingerprint density at radius 1 is 1.17 bits per heavy atom. The molecule has 0 N–H and O–H groups in total. The minimum absolute atomic E-state index is 0.0205. The topological polar surface area (TPSA) is 34.9 Å². The van der Waals surface area contributed by atoms with Crippen molar-refractivity contribution in [3.8, 4) is 0 Å². The molecule has 0 unspecified atom stereocenters. The van der Waals surface area contributed by atoms with Crippen LogP contribution in [0.4, 0.5) is 0 Å². The second kappa shape index (κ2) is 5.48. The van der Waals surface area contributed by atoms with Crippen LogP contribution in [0, 0.1) is 6.92 Å². The van der Waals surface area contributed by atoms with Gasteiger partial charge in [0.25, 0.3) is 5.56 Å². The first kappa shape index (κ1) is 14.4. The van der Waals surface area contributed by atoms with Gasteiger partial charge in [0.15, 0.2) is 0 Å². The molecule has 23 heavy (non-hydrogen) atoms. The molecule has 0 aliphatic carbocycles. The number of thiophene rings is 1. The van der Waals surface area contributed by atoms with Crippen LogP contribution in [0.1, 0.15) is 11.1 Å². The van der Waals surface area contributed by atoms with Gasteiger partial charge in [-0.05, 0) is 24.6 Å². The highest BCUT2D eigenvalue weighted by atomic mass is 35.5. The van der Waals surface area contributed by atoms with Gasteiger partial charge in [-0.1, -0.05) is 47.5 Å². The van der Waals surface area contributed by atoms with Gasteiger partial charge in [-0.3, -0.25) is 9.36 Å². The Morgan fingerprint density at radius 2 is 1.96 bits per heavy atom. The largest absolute Gasteiger partial charge is 0.294 e. The highest BCUT2D eigenvalue weighted by Gasteiger charge is 2.13. The van der Waals surface area contributed by atoms with E-state index in [-0.39, 0.29) is 5.56 Å². The lowest BCUT2D eigenvalue weighted by molar-refractivity contribution is 0.750. The molecule has 0 amide bonds. The molecule has 4 rings (SSSR count). The Balaban J connectivity index is 1.88. The van der Waals surface area contributed by atoms with Crippen molar-refractivity contribution < 1.29 is 0 Å². The molecule has 0 spiro atoms. The number of aromatic nitrogens is 2. The predicted molar refractivity (Wildman–Crippen MR) is 96.7 cm³/mol. The van der Waals surface area contributed by atoms with E-state index in [9.17, 15) is 4.79 Å². The number of aryl methyl sites for hydroxylation is 1. The van der Waals surface area contributed by atoms with E-state index in [2.05, 4.69) is 4.98 Å². The number of benzene rings is 2. The van der Waals surface area contributed by atoms with Gasteiger partial charge in [0.1, 0.15) is 4.70 Å². The fraction of sp³-hybridized carbons (Fsp3) is 0.111. The molecular weight excluding hydrogens is 328 g/mol. The smallest absolute Gasteiger partial charge is 0.271 e. The van der Waals surface area contributed by atoms with E-state index in [0.29, 0.717) is 21.8 Å². The summed E-state index contributed by atoms with van der Waals surface area (Å²) in [6.07, 6.45) is 1.61. The Labute approximate surface area is 141 Å². The molecule has 0 atom stereocenters. The summed E-state index contributed by atoms with van der Waals surface area (Å²) < 4.78 is 3.30. The number of fused-ring (bicyclic) bond motifs is 3. The van der Waals surface area contributed by atoms with Crippen molar-refractivity contribution >= 4 is 43.2 Å². The molecule has 2 aromatic carbocycles. The van der Waals surface area contributed by atoms with Crippen LogP contribution in [-0.4, -0.2) is 9.55 Å². The SMILES string of the molecule is Cc1ccc(Cn2cnc3c(sc4cccc(Cl)c43)c2=O)cc1. The average molecular weight is 341 g/mol. The Bertz CT molecular complexity index is 1080. The zero-order valence-electron chi connectivity index (χ0n) is 12.4. The standard InChI is InChI=1S/C18H13ClN2OS/c1-11-5-7-12(8-6-11)9-21-10-20-16-15-13(19)3-2-4-14(15)23-17(16)18(21)22/h2-8,10H,9H2,1H3. The summed E-state index contributed by atoms with van der Waals surface area (Å²) in [5, 5.41) is 1.51. The van der Waals surface area contributed by atoms with Crippen molar-refractivity contribution in [2.24, 2.45) is 0 Å². The van der Waals surface area contributed by atoms with Gasteiger partial charge in [-0.2, -0.15) is 0 Å². The third-order valence-electron chi connectivity index (χ3n) is 3.89. The van der Waals surface area contributed by atoms with E-state index in [0.717, 1.165) is 15.6 Å².